The van der Waals surface area contributed by atoms with Crippen molar-refractivity contribution in [3.05, 3.63) is 0 Å². The molecule has 1 radical (unpaired) electrons. The number of hydrogen-bond acceptors (Lipinski definition) is 2. The van der Waals surface area contributed by atoms with Crippen LogP contribution in [-0.2, 0) is 4.84 Å². The Morgan fingerprint density at radius 1 is 1.25 bits per heavy atom. The first-order valence-corrected chi connectivity index (χ1v) is 1.85. The minimum absolute atomic E-state index is 0.583. The van der Waals surface area contributed by atoms with Gasteiger partial charge < -0.3 is 0 Å². The van der Waals surface area contributed by atoms with E-state index in [2.05, 4.69) is 4.84 Å². The average molecular weight is 129 g/mol. The van der Waals surface area contributed by atoms with Gasteiger partial charge in [0.05, 0.1) is 0 Å². The van der Waals surface area contributed by atoms with Crippen LogP contribution in [0.2, 0.25) is 0 Å². The zero-order valence-electron chi connectivity index (χ0n) is 4.49. The van der Waals surface area contributed by atoms with E-state index in [-0.39, 0.29) is 0 Å². The van der Waals surface area contributed by atoms with E-state index in [1.165, 1.54) is 0 Å². The Labute approximate surface area is 44.8 Å². The number of halogens is 3. The smallest absolute Gasteiger partial charge is 0.140 e. The number of alkyl halides is 3. The van der Waals surface area contributed by atoms with Crippen molar-refractivity contribution < 1.29 is 18.0 Å². The van der Waals surface area contributed by atoms with E-state index < -0.39 is 6.36 Å². The molecule has 0 heterocycles. The van der Waals surface area contributed by atoms with Crippen molar-refractivity contribution in [3.8, 4) is 0 Å². The van der Waals surface area contributed by atoms with Crippen LogP contribution >= 0.6 is 0 Å². The van der Waals surface area contributed by atoms with Gasteiger partial charge in [-0.15, -0.1) is 13.2 Å². The number of rotatable bonds is 1. The zero-order valence-corrected chi connectivity index (χ0v) is 4.49. The molecule has 0 aliphatic heterocycles. The molecule has 0 atom stereocenters. The molecule has 0 saturated carbocycles. The van der Waals surface area contributed by atoms with Crippen molar-refractivity contribution in [1.82, 2.24) is 5.06 Å². The van der Waals surface area contributed by atoms with Crippen molar-refractivity contribution in [3.63, 3.8) is 0 Å². The molecule has 0 aromatic carbocycles. The first-order chi connectivity index (χ1) is 3.42. The van der Waals surface area contributed by atoms with Gasteiger partial charge in [0.2, 0.25) is 0 Å². The van der Waals surface area contributed by atoms with Gasteiger partial charge in [0.1, 0.15) is 14.1 Å². The van der Waals surface area contributed by atoms with Crippen molar-refractivity contribution in [2.75, 3.05) is 14.1 Å². The number of hydroxylamine groups is 2. The Morgan fingerprint density at radius 2 is 1.62 bits per heavy atom. The molecule has 0 aliphatic rings. The van der Waals surface area contributed by atoms with Gasteiger partial charge >= 0.3 is 6.36 Å². The van der Waals surface area contributed by atoms with E-state index in [1.807, 2.05) is 0 Å². The molecule has 0 spiro atoms. The quantitative estimate of drug-likeness (QED) is 0.378. The normalized spacial score (nSPS) is 12.8. The second-order valence-corrected chi connectivity index (χ2v) is 1.35. The van der Waals surface area contributed by atoms with Crippen LogP contribution in [0.5, 0.6) is 0 Å². The molecule has 2 nitrogen and oxygen atoms in total. The van der Waals surface area contributed by atoms with Crippen molar-refractivity contribution in [2.45, 2.75) is 6.36 Å². The summed E-state index contributed by atoms with van der Waals surface area (Å²) in [5, 5.41) is 0.583. The Balaban J connectivity index is 3.39. The first-order valence-electron chi connectivity index (χ1n) is 1.85. The minimum atomic E-state index is -4.55. The number of hydrogen-bond donors (Lipinski definition) is 0. The second-order valence-electron chi connectivity index (χ2n) is 1.35. The number of nitrogens with zero attached hydrogens (tertiary/aromatic N) is 1. The van der Waals surface area contributed by atoms with Crippen LogP contribution in [0.3, 0.4) is 0 Å². The van der Waals surface area contributed by atoms with Crippen LogP contribution < -0.4 is 5.06 Å². The maximum atomic E-state index is 11.0. The molecule has 0 aromatic rings. The van der Waals surface area contributed by atoms with Gasteiger partial charge in [-0.3, -0.25) is 0 Å². The topological polar surface area (TPSA) is 15.1 Å². The molecule has 0 aliphatic carbocycles. The summed E-state index contributed by atoms with van der Waals surface area (Å²) in [7, 11) is 2.32. The lowest BCUT2D eigenvalue weighted by Crippen LogP contribution is -2.28. The van der Waals surface area contributed by atoms with E-state index in [9.17, 15) is 13.2 Å². The molecule has 0 aromatic heterocycles. The predicted octanol–water partition coefficient (Wildman–Crippen LogP) is 0.838. The summed E-state index contributed by atoms with van der Waals surface area (Å²) in [4.78, 5) is 3.27. The summed E-state index contributed by atoms with van der Waals surface area (Å²) in [5.41, 5.74) is 0. The summed E-state index contributed by atoms with van der Waals surface area (Å²) in [6.45, 7) is 0. The highest BCUT2D eigenvalue weighted by Crippen LogP contribution is 2.15. The summed E-state index contributed by atoms with van der Waals surface area (Å²) in [6, 6.07) is 0. The SMILES string of the molecule is C[N+](C)OC(F)(F)F. The third-order valence-corrected chi connectivity index (χ3v) is 0.286. The molecule has 0 saturated heterocycles. The second kappa shape index (κ2) is 2.32. The first kappa shape index (κ1) is 7.71. The van der Waals surface area contributed by atoms with Gasteiger partial charge in [-0.25, -0.2) is 0 Å². The van der Waals surface area contributed by atoms with Crippen molar-refractivity contribution in [2.24, 2.45) is 0 Å². The zero-order chi connectivity index (χ0) is 6.78. The van der Waals surface area contributed by atoms with Gasteiger partial charge in [-0.1, -0.05) is 0 Å². The third kappa shape index (κ3) is 5.71. The molecule has 0 rings (SSSR count). The molecule has 0 bridgehead atoms. The monoisotopic (exact) mass is 129 g/mol. The summed E-state index contributed by atoms with van der Waals surface area (Å²) in [6.07, 6.45) is -4.55. The van der Waals surface area contributed by atoms with Crippen molar-refractivity contribution >= 4 is 0 Å². The van der Waals surface area contributed by atoms with Crippen LogP contribution in [0, 0.1) is 0 Å². The minimum Gasteiger partial charge on any atom is -0.140 e. The van der Waals surface area contributed by atoms with Gasteiger partial charge in [0.25, 0.3) is 0 Å². The lowest BCUT2D eigenvalue weighted by molar-refractivity contribution is -0.373. The van der Waals surface area contributed by atoms with Gasteiger partial charge in [-0.05, 0) is 9.90 Å². The fourth-order valence-electron chi connectivity index (χ4n) is 0.207. The van der Waals surface area contributed by atoms with Crippen LogP contribution in [0.25, 0.3) is 0 Å². The van der Waals surface area contributed by atoms with Crippen LogP contribution in [-0.4, -0.2) is 20.5 Å². The molecule has 8 heavy (non-hydrogen) atoms. The van der Waals surface area contributed by atoms with E-state index in [4.69, 9.17) is 0 Å². The van der Waals surface area contributed by atoms with Crippen molar-refractivity contribution in [1.29, 1.82) is 0 Å². The fourth-order valence-corrected chi connectivity index (χ4v) is 0.207. The average Bonchev–Trinajstić information content (AvgIpc) is 1.21. The van der Waals surface area contributed by atoms with Gasteiger partial charge in [-0.2, -0.15) is 0 Å². The molecule has 0 fully saturated rings. The standard InChI is InChI=1S/C3H6F3NO/c1-7(2)8-3(4,5)6/h1-2H3/q+1. The maximum absolute atomic E-state index is 11.0. The Kier molecular flexibility index (Phi) is 2.24. The van der Waals surface area contributed by atoms with E-state index in [0.29, 0.717) is 5.06 Å². The lowest BCUT2D eigenvalue weighted by atomic mass is 11.2. The maximum Gasteiger partial charge on any atom is 0.573 e. The van der Waals surface area contributed by atoms with E-state index in [0.717, 1.165) is 14.1 Å². The molecular weight excluding hydrogens is 123 g/mol. The fraction of sp³-hybridized carbons (Fsp3) is 1.00. The molecule has 0 amide bonds. The summed E-state index contributed by atoms with van der Waals surface area (Å²) < 4.78 is 33.1. The van der Waals surface area contributed by atoms with Crippen LogP contribution in [0.15, 0.2) is 0 Å². The van der Waals surface area contributed by atoms with Crippen LogP contribution in [0.1, 0.15) is 0 Å². The highest BCUT2D eigenvalue weighted by atomic mass is 19.4. The van der Waals surface area contributed by atoms with E-state index >= 15 is 0 Å². The largest absolute Gasteiger partial charge is 0.573 e. The third-order valence-electron chi connectivity index (χ3n) is 0.286. The van der Waals surface area contributed by atoms with E-state index in [1.54, 1.807) is 0 Å². The molecular formula is C3H6F3NO+. The molecule has 49 valence electrons. The molecule has 0 unspecified atom stereocenters. The Bertz CT molecular complexity index is 69.4. The molecule has 0 N–H and O–H groups in total. The Morgan fingerprint density at radius 3 is 1.62 bits per heavy atom. The molecule has 5 heteroatoms. The van der Waals surface area contributed by atoms with Crippen LogP contribution in [0.4, 0.5) is 13.2 Å². The van der Waals surface area contributed by atoms with Gasteiger partial charge in [0, 0.05) is 0 Å². The van der Waals surface area contributed by atoms with Gasteiger partial charge in [0.15, 0.2) is 0 Å². The Hall–Kier alpha value is -0.290. The predicted molar refractivity (Wildman–Crippen MR) is 21.1 cm³/mol. The summed E-state index contributed by atoms with van der Waals surface area (Å²) >= 11 is 0. The summed E-state index contributed by atoms with van der Waals surface area (Å²) in [5.74, 6) is 0. The highest BCUT2D eigenvalue weighted by molar-refractivity contribution is 4.24. The lowest BCUT2D eigenvalue weighted by Gasteiger charge is -2.00. The highest BCUT2D eigenvalue weighted by Gasteiger charge is 2.36.